The predicted molar refractivity (Wildman–Crippen MR) is 93.5 cm³/mol. The van der Waals surface area contributed by atoms with Crippen LogP contribution in [0.25, 0.3) is 0 Å². The van der Waals surface area contributed by atoms with E-state index in [1.54, 1.807) is 0 Å². The molecule has 2 rings (SSSR count). The fraction of sp³-hybridized carbons (Fsp3) is 1.00. The molecule has 0 aromatic rings. The van der Waals surface area contributed by atoms with Crippen LogP contribution >= 0.6 is 0 Å². The molecular weight excluding hydrogens is 290 g/mol. The Bertz CT molecular complexity index is 306. The maximum atomic E-state index is 5.82. The summed E-state index contributed by atoms with van der Waals surface area (Å²) in [5.41, 5.74) is 0. The van der Waals surface area contributed by atoms with E-state index in [9.17, 15) is 0 Å². The Morgan fingerprint density at radius 3 is 2.26 bits per heavy atom. The Hall–Kier alpha value is -0.160. The van der Waals surface area contributed by atoms with Crippen LogP contribution in [0.2, 0.25) is 0 Å². The lowest BCUT2D eigenvalue weighted by Gasteiger charge is -2.37. The van der Waals surface area contributed by atoms with Crippen LogP contribution in [0.5, 0.6) is 0 Å². The second kappa shape index (κ2) is 9.97. The summed E-state index contributed by atoms with van der Waals surface area (Å²) in [6.45, 7) is 15.7. The Kier molecular flexibility index (Phi) is 8.31. The molecule has 2 aliphatic heterocycles. The van der Waals surface area contributed by atoms with Crippen LogP contribution in [0.1, 0.15) is 47.0 Å². The van der Waals surface area contributed by atoms with E-state index in [2.05, 4.69) is 32.6 Å². The minimum Gasteiger partial charge on any atom is -0.376 e. The van der Waals surface area contributed by atoms with E-state index in [0.717, 1.165) is 44.6 Å². The highest BCUT2D eigenvalue weighted by Crippen LogP contribution is 2.25. The molecule has 0 atom stereocenters. The zero-order valence-electron chi connectivity index (χ0n) is 15.6. The molecular formula is C19H37NO3. The van der Waals surface area contributed by atoms with E-state index in [0.29, 0.717) is 18.4 Å². The number of rotatable bonds is 8. The van der Waals surface area contributed by atoms with Gasteiger partial charge in [-0.25, -0.2) is 0 Å². The molecule has 4 heteroatoms. The molecule has 0 unspecified atom stereocenters. The van der Waals surface area contributed by atoms with Crippen molar-refractivity contribution in [1.82, 2.24) is 4.90 Å². The van der Waals surface area contributed by atoms with E-state index in [1.165, 1.54) is 25.9 Å². The number of hydrogen-bond acceptors (Lipinski definition) is 4. The van der Waals surface area contributed by atoms with Crippen molar-refractivity contribution in [2.75, 3.05) is 46.1 Å². The minimum atomic E-state index is -0.162. The van der Waals surface area contributed by atoms with Gasteiger partial charge in [-0.2, -0.15) is 0 Å². The molecule has 0 amide bonds. The Morgan fingerprint density at radius 2 is 1.70 bits per heavy atom. The van der Waals surface area contributed by atoms with Crippen LogP contribution in [0, 0.1) is 23.7 Å². The lowest BCUT2D eigenvalue weighted by Crippen LogP contribution is -2.43. The van der Waals surface area contributed by atoms with Crippen molar-refractivity contribution in [3.05, 3.63) is 0 Å². The lowest BCUT2D eigenvalue weighted by molar-refractivity contribution is -0.223. The predicted octanol–water partition coefficient (Wildman–Crippen LogP) is 3.41. The molecule has 0 spiro atoms. The molecule has 0 saturated carbocycles. The largest absolute Gasteiger partial charge is 0.376 e. The highest BCUT2D eigenvalue weighted by Gasteiger charge is 2.27. The van der Waals surface area contributed by atoms with Gasteiger partial charge in [-0.1, -0.05) is 27.7 Å². The van der Waals surface area contributed by atoms with E-state index in [4.69, 9.17) is 14.2 Å². The van der Waals surface area contributed by atoms with Gasteiger partial charge in [0.25, 0.3) is 0 Å². The third-order valence-corrected chi connectivity index (χ3v) is 5.22. The van der Waals surface area contributed by atoms with Crippen LogP contribution < -0.4 is 0 Å². The summed E-state index contributed by atoms with van der Waals surface area (Å²) in [7, 11) is 0. The van der Waals surface area contributed by atoms with Crippen LogP contribution in [0.3, 0.4) is 0 Å². The van der Waals surface area contributed by atoms with Crippen LogP contribution in [-0.4, -0.2) is 57.3 Å². The van der Waals surface area contributed by atoms with Crippen molar-refractivity contribution >= 4 is 0 Å². The highest BCUT2D eigenvalue weighted by atomic mass is 16.7. The average molecular weight is 328 g/mol. The first-order valence-corrected chi connectivity index (χ1v) is 9.58. The second-order valence-electron chi connectivity index (χ2n) is 8.10. The van der Waals surface area contributed by atoms with Gasteiger partial charge in [0.1, 0.15) is 0 Å². The molecule has 0 N–H and O–H groups in total. The minimum absolute atomic E-state index is 0.162. The van der Waals surface area contributed by atoms with Crippen molar-refractivity contribution < 1.29 is 14.2 Å². The summed E-state index contributed by atoms with van der Waals surface area (Å²) >= 11 is 0. The summed E-state index contributed by atoms with van der Waals surface area (Å²) < 4.78 is 17.3. The van der Waals surface area contributed by atoms with Gasteiger partial charge in [0.05, 0.1) is 19.8 Å². The van der Waals surface area contributed by atoms with Crippen molar-refractivity contribution in [3.8, 4) is 0 Å². The first-order chi connectivity index (χ1) is 11.0. The van der Waals surface area contributed by atoms with E-state index >= 15 is 0 Å². The molecule has 0 bridgehead atoms. The second-order valence-corrected chi connectivity index (χ2v) is 8.10. The van der Waals surface area contributed by atoms with Crippen LogP contribution in [0.15, 0.2) is 0 Å². The molecule has 2 heterocycles. The van der Waals surface area contributed by atoms with Crippen molar-refractivity contribution in [1.29, 1.82) is 0 Å². The number of nitrogens with zero attached hydrogens (tertiary/aromatic N) is 1. The topological polar surface area (TPSA) is 30.9 Å². The third-order valence-electron chi connectivity index (χ3n) is 5.22. The summed E-state index contributed by atoms with van der Waals surface area (Å²) in [5, 5.41) is 0. The van der Waals surface area contributed by atoms with Gasteiger partial charge in [0.2, 0.25) is 0 Å². The van der Waals surface area contributed by atoms with Crippen LogP contribution in [-0.2, 0) is 14.2 Å². The van der Waals surface area contributed by atoms with E-state index < -0.39 is 0 Å². The fourth-order valence-corrected chi connectivity index (χ4v) is 3.45. The standard InChI is InChI=1S/C19H37NO3/c1-15(2)7-10-21-14-19-22-12-17(13-23-19)11-20-8-5-18(6-9-20)16(3)4/h15-19H,5-14H2,1-4H3. The SMILES string of the molecule is CC(C)CCOCC1OCC(CN2CCC(C(C)C)CC2)CO1. The number of hydrogen-bond donors (Lipinski definition) is 0. The van der Waals surface area contributed by atoms with Gasteiger partial charge < -0.3 is 19.1 Å². The van der Waals surface area contributed by atoms with E-state index in [-0.39, 0.29) is 6.29 Å². The monoisotopic (exact) mass is 327 g/mol. The molecule has 0 aromatic carbocycles. The Labute approximate surface area is 142 Å². The summed E-state index contributed by atoms with van der Waals surface area (Å²) in [6.07, 6.45) is 3.63. The summed E-state index contributed by atoms with van der Waals surface area (Å²) in [6, 6.07) is 0. The van der Waals surface area contributed by atoms with Gasteiger partial charge in [0, 0.05) is 19.1 Å². The van der Waals surface area contributed by atoms with Gasteiger partial charge in [0.15, 0.2) is 6.29 Å². The maximum Gasteiger partial charge on any atom is 0.180 e. The Balaban J connectivity index is 1.55. The summed E-state index contributed by atoms with van der Waals surface area (Å²) in [5.74, 6) is 2.94. The van der Waals surface area contributed by atoms with Gasteiger partial charge in [-0.05, 0) is 50.1 Å². The maximum absolute atomic E-state index is 5.82. The third kappa shape index (κ3) is 7.08. The smallest absolute Gasteiger partial charge is 0.180 e. The molecule has 4 nitrogen and oxygen atoms in total. The Morgan fingerprint density at radius 1 is 1.04 bits per heavy atom. The van der Waals surface area contributed by atoms with Crippen LogP contribution in [0.4, 0.5) is 0 Å². The lowest BCUT2D eigenvalue weighted by atomic mass is 9.86. The van der Waals surface area contributed by atoms with Crippen molar-refractivity contribution in [2.24, 2.45) is 23.7 Å². The zero-order valence-corrected chi connectivity index (χ0v) is 15.6. The van der Waals surface area contributed by atoms with Crippen molar-refractivity contribution in [2.45, 2.75) is 53.2 Å². The first kappa shape index (κ1) is 19.2. The normalized spacial score (nSPS) is 27.9. The van der Waals surface area contributed by atoms with Gasteiger partial charge in [-0.3, -0.25) is 0 Å². The van der Waals surface area contributed by atoms with Gasteiger partial charge >= 0.3 is 0 Å². The average Bonchev–Trinajstić information content (AvgIpc) is 2.53. The molecule has 23 heavy (non-hydrogen) atoms. The molecule has 2 fully saturated rings. The van der Waals surface area contributed by atoms with Crippen molar-refractivity contribution in [3.63, 3.8) is 0 Å². The summed E-state index contributed by atoms with van der Waals surface area (Å²) in [4.78, 5) is 2.59. The quantitative estimate of drug-likeness (QED) is 0.639. The fourth-order valence-electron chi connectivity index (χ4n) is 3.45. The first-order valence-electron chi connectivity index (χ1n) is 9.58. The molecule has 0 radical (unpaired) electrons. The zero-order chi connectivity index (χ0) is 16.7. The highest BCUT2D eigenvalue weighted by molar-refractivity contribution is 4.77. The number of likely N-dealkylation sites (tertiary alicyclic amines) is 1. The molecule has 2 saturated heterocycles. The molecule has 136 valence electrons. The number of piperidine rings is 1. The van der Waals surface area contributed by atoms with E-state index in [1.807, 2.05) is 0 Å². The number of ether oxygens (including phenoxy) is 3. The molecule has 2 aliphatic rings. The molecule has 0 aromatic heterocycles. The molecule has 0 aliphatic carbocycles. The van der Waals surface area contributed by atoms with Gasteiger partial charge in [-0.15, -0.1) is 0 Å².